The van der Waals surface area contributed by atoms with Crippen molar-refractivity contribution in [2.75, 3.05) is 20.3 Å². The van der Waals surface area contributed by atoms with Gasteiger partial charge in [0.1, 0.15) is 0 Å². The first-order chi connectivity index (χ1) is 9.72. The summed E-state index contributed by atoms with van der Waals surface area (Å²) in [5.41, 5.74) is 0.803. The number of hydrogen-bond donors (Lipinski definition) is 0. The molecule has 0 radical (unpaired) electrons. The van der Waals surface area contributed by atoms with E-state index in [4.69, 9.17) is 9.47 Å². The molecule has 0 fully saturated rings. The summed E-state index contributed by atoms with van der Waals surface area (Å²) in [7, 11) is 1.35. The molecule has 0 unspecified atom stereocenters. The number of ether oxygens (including phenoxy) is 3. The smallest absolute Gasteiger partial charge is 0.330 e. The Bertz CT molecular complexity index is 452. The van der Waals surface area contributed by atoms with Crippen LogP contribution in [0, 0.1) is 0 Å². The zero-order valence-corrected chi connectivity index (χ0v) is 12.3. The monoisotopic (exact) mass is 278 g/mol. The summed E-state index contributed by atoms with van der Waals surface area (Å²) in [6, 6.07) is 5.63. The van der Waals surface area contributed by atoms with Crippen molar-refractivity contribution in [3.8, 4) is 11.5 Å². The van der Waals surface area contributed by atoms with Gasteiger partial charge in [0, 0.05) is 11.6 Å². The van der Waals surface area contributed by atoms with Crippen LogP contribution >= 0.6 is 0 Å². The maximum absolute atomic E-state index is 11.2. The summed E-state index contributed by atoms with van der Waals surface area (Å²) >= 11 is 0. The predicted molar refractivity (Wildman–Crippen MR) is 79.1 cm³/mol. The van der Waals surface area contributed by atoms with Crippen molar-refractivity contribution in [3.05, 3.63) is 29.8 Å². The minimum atomic E-state index is -0.397. The van der Waals surface area contributed by atoms with E-state index in [1.807, 2.05) is 32.0 Å². The molecule has 0 atom stereocenters. The van der Waals surface area contributed by atoms with E-state index in [1.54, 1.807) is 6.08 Å². The lowest BCUT2D eigenvalue weighted by molar-refractivity contribution is -0.134. The molecule has 0 spiro atoms. The van der Waals surface area contributed by atoms with Gasteiger partial charge in [-0.25, -0.2) is 4.79 Å². The van der Waals surface area contributed by atoms with Gasteiger partial charge in [-0.1, -0.05) is 26.0 Å². The second kappa shape index (κ2) is 9.02. The van der Waals surface area contributed by atoms with Crippen molar-refractivity contribution in [3.63, 3.8) is 0 Å². The number of esters is 1. The molecule has 1 aromatic rings. The molecule has 0 aromatic heterocycles. The summed E-state index contributed by atoms with van der Waals surface area (Å²) in [5.74, 6) is 0.974. The normalized spacial score (nSPS) is 10.6. The Balaban J connectivity index is 3.00. The highest BCUT2D eigenvalue weighted by molar-refractivity contribution is 5.87. The van der Waals surface area contributed by atoms with Gasteiger partial charge < -0.3 is 14.2 Å². The van der Waals surface area contributed by atoms with Crippen molar-refractivity contribution in [2.24, 2.45) is 0 Å². The Morgan fingerprint density at radius 3 is 2.50 bits per heavy atom. The van der Waals surface area contributed by atoms with Crippen molar-refractivity contribution in [1.82, 2.24) is 0 Å². The van der Waals surface area contributed by atoms with Crippen molar-refractivity contribution >= 4 is 12.0 Å². The minimum absolute atomic E-state index is 0.397. The van der Waals surface area contributed by atoms with Gasteiger partial charge in [0.2, 0.25) is 0 Å². The SMILES string of the molecule is CCCOc1cccc(C=CC(=O)OC)c1OCCC. The number of hydrogen-bond acceptors (Lipinski definition) is 4. The highest BCUT2D eigenvalue weighted by Crippen LogP contribution is 2.32. The summed E-state index contributed by atoms with van der Waals surface area (Å²) in [6.45, 7) is 5.32. The van der Waals surface area contributed by atoms with Crippen LogP contribution in [0.2, 0.25) is 0 Å². The molecular formula is C16H22O4. The van der Waals surface area contributed by atoms with Crippen LogP contribution in [0.1, 0.15) is 32.3 Å². The Hall–Kier alpha value is -1.97. The average molecular weight is 278 g/mol. The van der Waals surface area contributed by atoms with E-state index in [2.05, 4.69) is 4.74 Å². The first kappa shape index (κ1) is 16.1. The highest BCUT2D eigenvalue weighted by Gasteiger charge is 2.09. The largest absolute Gasteiger partial charge is 0.490 e. The number of benzene rings is 1. The van der Waals surface area contributed by atoms with Gasteiger partial charge in [-0.05, 0) is 25.0 Å². The maximum Gasteiger partial charge on any atom is 0.330 e. The third kappa shape index (κ3) is 4.96. The molecule has 20 heavy (non-hydrogen) atoms. The molecule has 110 valence electrons. The quantitative estimate of drug-likeness (QED) is 0.539. The van der Waals surface area contributed by atoms with Crippen LogP contribution in [0.4, 0.5) is 0 Å². The number of methoxy groups -OCH3 is 1. The van der Waals surface area contributed by atoms with Crippen LogP contribution in [0.5, 0.6) is 11.5 Å². The molecule has 0 aliphatic carbocycles. The lowest BCUT2D eigenvalue weighted by atomic mass is 10.1. The van der Waals surface area contributed by atoms with Gasteiger partial charge in [-0.3, -0.25) is 0 Å². The first-order valence-electron chi connectivity index (χ1n) is 6.87. The predicted octanol–water partition coefficient (Wildman–Crippen LogP) is 3.45. The molecule has 0 aliphatic rings. The Labute approximate surface area is 120 Å². The number of para-hydroxylation sites is 1. The molecule has 0 aliphatic heterocycles. The van der Waals surface area contributed by atoms with Crippen LogP contribution in [0.3, 0.4) is 0 Å². The molecule has 1 aromatic carbocycles. The third-order valence-electron chi connectivity index (χ3n) is 2.52. The van der Waals surface area contributed by atoms with E-state index in [1.165, 1.54) is 13.2 Å². The second-order valence-corrected chi connectivity index (χ2v) is 4.23. The lowest BCUT2D eigenvalue weighted by Crippen LogP contribution is -2.03. The highest BCUT2D eigenvalue weighted by atomic mass is 16.5. The fourth-order valence-corrected chi connectivity index (χ4v) is 1.57. The van der Waals surface area contributed by atoms with Crippen LogP contribution in [-0.4, -0.2) is 26.3 Å². The lowest BCUT2D eigenvalue weighted by Gasteiger charge is -2.14. The number of rotatable bonds is 8. The zero-order valence-electron chi connectivity index (χ0n) is 12.3. The van der Waals surface area contributed by atoms with Gasteiger partial charge >= 0.3 is 5.97 Å². The van der Waals surface area contributed by atoms with E-state index in [-0.39, 0.29) is 0 Å². The summed E-state index contributed by atoms with van der Waals surface area (Å²) < 4.78 is 16.0. The van der Waals surface area contributed by atoms with E-state index in [9.17, 15) is 4.79 Å². The van der Waals surface area contributed by atoms with E-state index in [0.717, 1.165) is 18.4 Å². The van der Waals surface area contributed by atoms with Crippen molar-refractivity contribution in [1.29, 1.82) is 0 Å². The topological polar surface area (TPSA) is 44.8 Å². The molecule has 4 heteroatoms. The Morgan fingerprint density at radius 2 is 1.85 bits per heavy atom. The fourth-order valence-electron chi connectivity index (χ4n) is 1.57. The fraction of sp³-hybridized carbons (Fsp3) is 0.438. The van der Waals surface area contributed by atoms with E-state index >= 15 is 0 Å². The van der Waals surface area contributed by atoms with Gasteiger partial charge in [0.25, 0.3) is 0 Å². The Kier molecular flexibility index (Phi) is 7.25. The molecular weight excluding hydrogens is 256 g/mol. The van der Waals surface area contributed by atoms with Crippen molar-refractivity contribution in [2.45, 2.75) is 26.7 Å². The Morgan fingerprint density at radius 1 is 1.15 bits per heavy atom. The van der Waals surface area contributed by atoms with E-state index in [0.29, 0.717) is 24.7 Å². The molecule has 0 saturated heterocycles. The molecule has 1 rings (SSSR count). The van der Waals surface area contributed by atoms with Crippen LogP contribution in [0.25, 0.3) is 6.08 Å². The van der Waals surface area contributed by atoms with Gasteiger partial charge in [-0.2, -0.15) is 0 Å². The molecule has 0 heterocycles. The van der Waals surface area contributed by atoms with Crippen LogP contribution in [-0.2, 0) is 9.53 Å². The summed E-state index contributed by atoms with van der Waals surface area (Å²) in [4.78, 5) is 11.2. The summed E-state index contributed by atoms with van der Waals surface area (Å²) in [5, 5.41) is 0. The van der Waals surface area contributed by atoms with Gasteiger partial charge in [-0.15, -0.1) is 0 Å². The summed E-state index contributed by atoms with van der Waals surface area (Å²) in [6.07, 6.45) is 4.88. The molecule has 4 nitrogen and oxygen atoms in total. The number of carbonyl (C=O) groups excluding carboxylic acids is 1. The van der Waals surface area contributed by atoms with Crippen LogP contribution < -0.4 is 9.47 Å². The minimum Gasteiger partial charge on any atom is -0.490 e. The molecule has 0 N–H and O–H groups in total. The average Bonchev–Trinajstić information content (AvgIpc) is 2.48. The van der Waals surface area contributed by atoms with E-state index < -0.39 is 5.97 Å². The molecule has 0 bridgehead atoms. The molecule has 0 amide bonds. The standard InChI is InChI=1S/C16H22O4/c1-4-11-19-14-8-6-7-13(9-10-15(17)18-3)16(14)20-12-5-2/h6-10H,4-5,11-12H2,1-3H3. The third-order valence-corrected chi connectivity index (χ3v) is 2.52. The van der Waals surface area contributed by atoms with Gasteiger partial charge in [0.05, 0.1) is 20.3 Å². The van der Waals surface area contributed by atoms with Crippen LogP contribution in [0.15, 0.2) is 24.3 Å². The second-order valence-electron chi connectivity index (χ2n) is 4.23. The molecule has 0 saturated carbocycles. The first-order valence-corrected chi connectivity index (χ1v) is 6.87. The van der Waals surface area contributed by atoms with Crippen molar-refractivity contribution < 1.29 is 19.0 Å². The zero-order chi connectivity index (χ0) is 14.8. The van der Waals surface area contributed by atoms with Gasteiger partial charge in [0.15, 0.2) is 11.5 Å². The number of carbonyl (C=O) groups is 1. The maximum atomic E-state index is 11.2.